The minimum atomic E-state index is -1.02. The molecule has 1 atom stereocenters. The minimum absolute atomic E-state index is 0.161. The molecule has 0 bridgehead atoms. The SMILES string of the molecule is CCN(CC(C)(C)O)C(=O)NC(C)c1ccc(F)cc1F. The quantitative estimate of drug-likeness (QED) is 0.878. The van der Waals surface area contributed by atoms with Crippen LogP contribution in [-0.2, 0) is 0 Å². The number of nitrogens with one attached hydrogen (secondary N) is 1. The molecule has 4 nitrogen and oxygen atoms in total. The van der Waals surface area contributed by atoms with Gasteiger partial charge < -0.3 is 15.3 Å². The van der Waals surface area contributed by atoms with E-state index in [-0.39, 0.29) is 12.1 Å². The molecule has 0 radical (unpaired) electrons. The van der Waals surface area contributed by atoms with Gasteiger partial charge in [0, 0.05) is 18.2 Å². The summed E-state index contributed by atoms with van der Waals surface area (Å²) in [7, 11) is 0. The molecule has 0 heterocycles. The minimum Gasteiger partial charge on any atom is -0.389 e. The summed E-state index contributed by atoms with van der Waals surface area (Å²) < 4.78 is 26.5. The summed E-state index contributed by atoms with van der Waals surface area (Å²) >= 11 is 0. The van der Waals surface area contributed by atoms with Crippen molar-refractivity contribution in [2.24, 2.45) is 0 Å². The Hall–Kier alpha value is -1.69. The molecule has 0 aliphatic heterocycles. The lowest BCUT2D eigenvalue weighted by Crippen LogP contribution is -2.47. The number of urea groups is 1. The van der Waals surface area contributed by atoms with Crippen LogP contribution in [0, 0.1) is 11.6 Å². The first kappa shape index (κ1) is 17.4. The van der Waals surface area contributed by atoms with Crippen molar-refractivity contribution in [1.82, 2.24) is 10.2 Å². The first-order valence-electron chi connectivity index (χ1n) is 6.87. The zero-order valence-electron chi connectivity index (χ0n) is 12.8. The summed E-state index contributed by atoms with van der Waals surface area (Å²) in [6, 6.07) is 2.23. The van der Waals surface area contributed by atoms with Crippen LogP contribution in [0.25, 0.3) is 0 Å². The number of hydrogen-bond acceptors (Lipinski definition) is 2. The van der Waals surface area contributed by atoms with Gasteiger partial charge in [-0.3, -0.25) is 0 Å². The first-order chi connectivity index (χ1) is 9.64. The fourth-order valence-electron chi connectivity index (χ4n) is 2.00. The summed E-state index contributed by atoms with van der Waals surface area (Å²) in [5, 5.41) is 12.4. The molecule has 0 aliphatic carbocycles. The van der Waals surface area contributed by atoms with Crippen molar-refractivity contribution in [3.63, 3.8) is 0 Å². The van der Waals surface area contributed by atoms with Crippen molar-refractivity contribution >= 4 is 6.03 Å². The highest BCUT2D eigenvalue weighted by atomic mass is 19.1. The van der Waals surface area contributed by atoms with Gasteiger partial charge in [0.25, 0.3) is 0 Å². The summed E-state index contributed by atoms with van der Waals surface area (Å²) in [6.07, 6.45) is 0. The maximum absolute atomic E-state index is 13.7. The van der Waals surface area contributed by atoms with Crippen LogP contribution in [0.2, 0.25) is 0 Å². The van der Waals surface area contributed by atoms with Crippen molar-refractivity contribution in [1.29, 1.82) is 0 Å². The van der Waals surface area contributed by atoms with Gasteiger partial charge in [-0.15, -0.1) is 0 Å². The molecule has 1 aromatic rings. The third kappa shape index (κ3) is 5.30. The Morgan fingerprint density at radius 1 is 1.43 bits per heavy atom. The molecule has 6 heteroatoms. The molecule has 1 unspecified atom stereocenters. The highest BCUT2D eigenvalue weighted by Crippen LogP contribution is 2.18. The number of aliphatic hydroxyl groups is 1. The highest BCUT2D eigenvalue weighted by Gasteiger charge is 2.23. The van der Waals surface area contributed by atoms with Gasteiger partial charge in [-0.25, -0.2) is 13.6 Å². The summed E-state index contributed by atoms with van der Waals surface area (Å²) in [6.45, 7) is 7.18. The molecule has 1 aromatic carbocycles. The molecule has 2 N–H and O–H groups in total. The molecule has 21 heavy (non-hydrogen) atoms. The van der Waals surface area contributed by atoms with Crippen molar-refractivity contribution in [3.05, 3.63) is 35.4 Å². The van der Waals surface area contributed by atoms with Gasteiger partial charge in [-0.05, 0) is 33.8 Å². The number of benzene rings is 1. The smallest absolute Gasteiger partial charge is 0.317 e. The van der Waals surface area contributed by atoms with Crippen LogP contribution in [0.4, 0.5) is 13.6 Å². The van der Waals surface area contributed by atoms with Crippen LogP contribution >= 0.6 is 0 Å². The molecule has 2 amide bonds. The standard InChI is InChI=1S/C15H22F2N2O2/c1-5-19(9-15(3,4)21)14(20)18-10(2)12-7-6-11(16)8-13(12)17/h6-8,10,21H,5,9H2,1-4H3,(H,18,20). The lowest BCUT2D eigenvalue weighted by atomic mass is 10.1. The third-order valence-corrected chi connectivity index (χ3v) is 3.02. The number of halogens is 2. The fraction of sp³-hybridized carbons (Fsp3) is 0.533. The Balaban J connectivity index is 2.76. The summed E-state index contributed by atoms with van der Waals surface area (Å²) in [5.41, 5.74) is -0.804. The van der Waals surface area contributed by atoms with Crippen LogP contribution in [0.5, 0.6) is 0 Å². The van der Waals surface area contributed by atoms with E-state index in [0.717, 1.165) is 12.1 Å². The van der Waals surface area contributed by atoms with Crippen LogP contribution in [0.1, 0.15) is 39.3 Å². The lowest BCUT2D eigenvalue weighted by Gasteiger charge is -2.29. The topological polar surface area (TPSA) is 52.6 Å². The van der Waals surface area contributed by atoms with E-state index < -0.39 is 29.3 Å². The van der Waals surface area contributed by atoms with Crippen molar-refractivity contribution in [2.45, 2.75) is 39.3 Å². The van der Waals surface area contributed by atoms with E-state index in [1.54, 1.807) is 27.7 Å². The molecular weight excluding hydrogens is 278 g/mol. The first-order valence-corrected chi connectivity index (χ1v) is 6.87. The zero-order valence-corrected chi connectivity index (χ0v) is 12.8. The number of hydrogen-bond donors (Lipinski definition) is 2. The Bertz CT molecular complexity index is 501. The van der Waals surface area contributed by atoms with E-state index in [4.69, 9.17) is 0 Å². The molecule has 0 saturated carbocycles. The maximum Gasteiger partial charge on any atom is 0.317 e. The molecule has 1 rings (SSSR count). The van der Waals surface area contributed by atoms with Gasteiger partial charge in [0.05, 0.1) is 18.2 Å². The number of carbonyl (C=O) groups excluding carboxylic acids is 1. The van der Waals surface area contributed by atoms with Gasteiger partial charge in [0.1, 0.15) is 11.6 Å². The monoisotopic (exact) mass is 300 g/mol. The van der Waals surface area contributed by atoms with Crippen LogP contribution in [0.15, 0.2) is 18.2 Å². The average molecular weight is 300 g/mol. The molecule has 0 aliphatic rings. The van der Waals surface area contributed by atoms with Crippen molar-refractivity contribution < 1.29 is 18.7 Å². The largest absolute Gasteiger partial charge is 0.389 e. The van der Waals surface area contributed by atoms with E-state index in [1.165, 1.54) is 11.0 Å². The van der Waals surface area contributed by atoms with Gasteiger partial charge in [-0.1, -0.05) is 6.07 Å². The molecule has 118 valence electrons. The Kier molecular flexibility index (Phi) is 5.66. The second kappa shape index (κ2) is 6.85. The summed E-state index contributed by atoms with van der Waals surface area (Å²) in [5.74, 6) is -1.36. The number of rotatable bonds is 5. The second-order valence-corrected chi connectivity index (χ2v) is 5.66. The third-order valence-electron chi connectivity index (χ3n) is 3.02. The molecule has 0 saturated heterocycles. The average Bonchev–Trinajstić information content (AvgIpc) is 2.34. The zero-order chi connectivity index (χ0) is 16.2. The molecular formula is C15H22F2N2O2. The second-order valence-electron chi connectivity index (χ2n) is 5.66. The molecule has 0 spiro atoms. The van der Waals surface area contributed by atoms with E-state index in [0.29, 0.717) is 6.54 Å². The Labute approximate surface area is 123 Å². The highest BCUT2D eigenvalue weighted by molar-refractivity contribution is 5.74. The van der Waals surface area contributed by atoms with Crippen LogP contribution < -0.4 is 5.32 Å². The molecule has 0 fully saturated rings. The van der Waals surface area contributed by atoms with Gasteiger partial charge in [0.2, 0.25) is 0 Å². The predicted octanol–water partition coefficient (Wildman–Crippen LogP) is 2.83. The van der Waals surface area contributed by atoms with Crippen LogP contribution in [-0.4, -0.2) is 34.7 Å². The van der Waals surface area contributed by atoms with E-state index >= 15 is 0 Å². The normalized spacial score (nSPS) is 12.9. The van der Waals surface area contributed by atoms with E-state index in [2.05, 4.69) is 5.32 Å². The lowest BCUT2D eigenvalue weighted by molar-refractivity contribution is 0.0476. The van der Waals surface area contributed by atoms with Gasteiger partial charge >= 0.3 is 6.03 Å². The van der Waals surface area contributed by atoms with E-state index in [1.807, 2.05) is 0 Å². The fourth-order valence-corrected chi connectivity index (χ4v) is 2.00. The maximum atomic E-state index is 13.7. The van der Waals surface area contributed by atoms with Gasteiger partial charge in [-0.2, -0.15) is 0 Å². The number of likely N-dealkylation sites (N-methyl/N-ethyl adjacent to an activating group) is 1. The van der Waals surface area contributed by atoms with Crippen LogP contribution in [0.3, 0.4) is 0 Å². The van der Waals surface area contributed by atoms with Gasteiger partial charge in [0.15, 0.2) is 0 Å². The number of nitrogens with zero attached hydrogens (tertiary/aromatic N) is 1. The van der Waals surface area contributed by atoms with E-state index in [9.17, 15) is 18.7 Å². The Morgan fingerprint density at radius 2 is 2.05 bits per heavy atom. The number of amides is 2. The Morgan fingerprint density at radius 3 is 2.52 bits per heavy atom. The van der Waals surface area contributed by atoms with Crippen molar-refractivity contribution in [3.8, 4) is 0 Å². The summed E-state index contributed by atoms with van der Waals surface area (Å²) in [4.78, 5) is 13.5. The number of carbonyl (C=O) groups is 1. The van der Waals surface area contributed by atoms with Crippen molar-refractivity contribution in [2.75, 3.05) is 13.1 Å². The molecule has 0 aromatic heterocycles. The predicted molar refractivity (Wildman–Crippen MR) is 76.8 cm³/mol.